The maximum absolute atomic E-state index is 11.8. The molecule has 3 nitrogen and oxygen atoms in total. The summed E-state index contributed by atoms with van der Waals surface area (Å²) < 4.78 is 17.5. The molecule has 2 aromatic rings. The summed E-state index contributed by atoms with van der Waals surface area (Å²) in [5.74, 6) is -0.488. The van der Waals surface area contributed by atoms with Gasteiger partial charge >= 0.3 is 5.97 Å². The Kier molecular flexibility index (Phi) is 3.05. The molecule has 0 aliphatic heterocycles. The summed E-state index contributed by atoms with van der Waals surface area (Å²) in [4.78, 5) is 11.9. The van der Waals surface area contributed by atoms with E-state index in [-0.39, 0.29) is 6.61 Å². The Hall–Kier alpha value is -1.62. The first-order valence-electron chi connectivity index (χ1n) is 4.73. The van der Waals surface area contributed by atoms with Gasteiger partial charge in [0.05, 0.1) is 0 Å². The summed E-state index contributed by atoms with van der Waals surface area (Å²) in [6, 6.07) is 7.12. The Labute approximate surface area is 95.6 Å². The molecule has 1 aromatic heterocycles. The number of hydrogen-bond donors (Lipinski definition) is 1. The number of thiophene rings is 1. The molecule has 5 heteroatoms. The van der Waals surface area contributed by atoms with Gasteiger partial charge in [0.2, 0.25) is 0 Å². The van der Waals surface area contributed by atoms with E-state index in [2.05, 4.69) is 0 Å². The third kappa shape index (κ3) is 2.14. The molecule has 0 aliphatic carbocycles. The van der Waals surface area contributed by atoms with Crippen LogP contribution in [0.2, 0.25) is 0 Å². The van der Waals surface area contributed by atoms with E-state index in [1.807, 2.05) is 6.07 Å². The van der Waals surface area contributed by atoms with Crippen molar-refractivity contribution in [1.29, 1.82) is 0 Å². The van der Waals surface area contributed by atoms with E-state index in [4.69, 9.17) is 10.5 Å². The average molecular weight is 239 g/mol. The summed E-state index contributed by atoms with van der Waals surface area (Å²) in [5.41, 5.74) is 6.28. The summed E-state index contributed by atoms with van der Waals surface area (Å²) in [6.07, 6.45) is 0. The minimum absolute atomic E-state index is 0.199. The highest BCUT2D eigenvalue weighted by Gasteiger charge is 2.11. The molecule has 2 N–H and O–H groups in total. The number of alkyl halides is 1. The second-order valence-electron chi connectivity index (χ2n) is 3.23. The lowest BCUT2D eigenvalue weighted by atomic mass is 10.2. The van der Waals surface area contributed by atoms with Gasteiger partial charge in [-0.2, -0.15) is 0 Å². The number of halogens is 1. The van der Waals surface area contributed by atoms with Gasteiger partial charge in [-0.05, 0) is 29.7 Å². The van der Waals surface area contributed by atoms with Crippen LogP contribution in [0, 0.1) is 0 Å². The number of hydrogen-bond acceptors (Lipinski definition) is 4. The van der Waals surface area contributed by atoms with Gasteiger partial charge in [-0.15, -0.1) is 11.3 Å². The van der Waals surface area contributed by atoms with Gasteiger partial charge in [0.1, 0.15) is 18.2 Å². The minimum Gasteiger partial charge on any atom is -0.459 e. The number of nitrogen functional groups attached to an aromatic ring is 1. The standard InChI is InChI=1S/C11H10FNO2S/c12-3-4-15-11(14)10-6-7-5-8(13)1-2-9(7)16-10/h1-2,5-6H,3-4,13H2. The Bertz CT molecular complexity index is 524. The zero-order valence-corrected chi connectivity index (χ0v) is 9.22. The largest absolute Gasteiger partial charge is 0.459 e. The van der Waals surface area contributed by atoms with Gasteiger partial charge in [0, 0.05) is 10.4 Å². The highest BCUT2D eigenvalue weighted by atomic mass is 32.1. The van der Waals surface area contributed by atoms with Crippen LogP contribution in [0.4, 0.5) is 10.1 Å². The number of ether oxygens (including phenoxy) is 1. The quantitative estimate of drug-likeness (QED) is 0.661. The van der Waals surface area contributed by atoms with Gasteiger partial charge in [-0.25, -0.2) is 9.18 Å². The predicted octanol–water partition coefficient (Wildman–Crippen LogP) is 2.61. The Balaban J connectivity index is 2.28. The van der Waals surface area contributed by atoms with Crippen molar-refractivity contribution in [3.8, 4) is 0 Å². The monoisotopic (exact) mass is 239 g/mol. The van der Waals surface area contributed by atoms with Gasteiger partial charge in [0.25, 0.3) is 0 Å². The summed E-state index contributed by atoms with van der Waals surface area (Å²) in [5, 5.41) is 0.900. The fraction of sp³-hybridized carbons (Fsp3) is 0.182. The van der Waals surface area contributed by atoms with Gasteiger partial charge < -0.3 is 10.5 Å². The van der Waals surface area contributed by atoms with Crippen molar-refractivity contribution in [2.45, 2.75) is 0 Å². The number of carbonyl (C=O) groups excluding carboxylic acids is 1. The first-order chi connectivity index (χ1) is 7.70. The number of esters is 1. The normalized spacial score (nSPS) is 10.6. The number of carbonyl (C=O) groups is 1. The van der Waals surface area contributed by atoms with Crippen molar-refractivity contribution >= 4 is 33.1 Å². The van der Waals surface area contributed by atoms with E-state index >= 15 is 0 Å². The Morgan fingerprint density at radius 2 is 2.25 bits per heavy atom. The first-order valence-corrected chi connectivity index (χ1v) is 5.54. The van der Waals surface area contributed by atoms with Crippen LogP contribution in [0.25, 0.3) is 10.1 Å². The molecule has 0 bridgehead atoms. The first kappa shape index (κ1) is 10.9. The van der Waals surface area contributed by atoms with Crippen LogP contribution in [0.3, 0.4) is 0 Å². The van der Waals surface area contributed by atoms with Crippen LogP contribution in [-0.4, -0.2) is 19.3 Å². The van der Waals surface area contributed by atoms with Crippen molar-refractivity contribution in [2.24, 2.45) is 0 Å². The van der Waals surface area contributed by atoms with Crippen LogP contribution < -0.4 is 5.73 Å². The van der Waals surface area contributed by atoms with Gasteiger partial charge in [-0.3, -0.25) is 0 Å². The van der Waals surface area contributed by atoms with Crippen molar-refractivity contribution < 1.29 is 13.9 Å². The molecule has 0 atom stereocenters. The summed E-state index contributed by atoms with van der Waals surface area (Å²) in [6.45, 7) is -0.862. The second kappa shape index (κ2) is 4.49. The number of nitrogens with two attached hydrogens (primary N) is 1. The van der Waals surface area contributed by atoms with Crippen molar-refractivity contribution in [2.75, 3.05) is 19.0 Å². The fourth-order valence-electron chi connectivity index (χ4n) is 1.36. The predicted molar refractivity (Wildman–Crippen MR) is 62.5 cm³/mol. The van der Waals surface area contributed by atoms with Crippen LogP contribution in [0.1, 0.15) is 9.67 Å². The molecular formula is C11H10FNO2S. The SMILES string of the molecule is Nc1ccc2sc(C(=O)OCCF)cc2c1. The van der Waals surface area contributed by atoms with E-state index < -0.39 is 12.6 Å². The van der Waals surface area contributed by atoms with Crippen LogP contribution in [-0.2, 0) is 4.74 Å². The second-order valence-corrected chi connectivity index (χ2v) is 4.32. The smallest absolute Gasteiger partial charge is 0.348 e. The molecule has 2 rings (SSSR count). The lowest BCUT2D eigenvalue weighted by molar-refractivity contribution is 0.0487. The molecule has 0 saturated carbocycles. The molecule has 84 valence electrons. The van der Waals surface area contributed by atoms with Gasteiger partial charge in [0.15, 0.2) is 0 Å². The molecule has 0 saturated heterocycles. The number of rotatable bonds is 3. The molecule has 1 aromatic carbocycles. The number of benzene rings is 1. The molecule has 0 radical (unpaired) electrons. The lowest BCUT2D eigenvalue weighted by Crippen LogP contribution is -2.05. The van der Waals surface area contributed by atoms with E-state index in [1.54, 1.807) is 18.2 Å². The van der Waals surface area contributed by atoms with Crippen molar-refractivity contribution in [3.05, 3.63) is 29.1 Å². The molecule has 0 amide bonds. The summed E-state index contributed by atoms with van der Waals surface area (Å²) in [7, 11) is 0. The third-order valence-electron chi connectivity index (χ3n) is 2.05. The van der Waals surface area contributed by atoms with Crippen LogP contribution in [0.5, 0.6) is 0 Å². The van der Waals surface area contributed by atoms with Crippen molar-refractivity contribution in [1.82, 2.24) is 0 Å². The van der Waals surface area contributed by atoms with Crippen LogP contribution in [0.15, 0.2) is 24.3 Å². The lowest BCUT2D eigenvalue weighted by Gasteiger charge is -1.97. The minimum atomic E-state index is -0.663. The Morgan fingerprint density at radius 1 is 1.44 bits per heavy atom. The number of anilines is 1. The molecule has 0 unspecified atom stereocenters. The molecule has 0 aliphatic rings. The molecule has 1 heterocycles. The van der Waals surface area contributed by atoms with Gasteiger partial charge in [-0.1, -0.05) is 0 Å². The summed E-state index contributed by atoms with van der Waals surface area (Å²) >= 11 is 1.31. The zero-order valence-electron chi connectivity index (χ0n) is 8.40. The fourth-order valence-corrected chi connectivity index (χ4v) is 2.30. The van der Waals surface area contributed by atoms with E-state index in [1.165, 1.54) is 11.3 Å². The van der Waals surface area contributed by atoms with Crippen LogP contribution >= 0.6 is 11.3 Å². The van der Waals surface area contributed by atoms with E-state index in [0.717, 1.165) is 10.1 Å². The maximum atomic E-state index is 11.8. The molecular weight excluding hydrogens is 229 g/mol. The van der Waals surface area contributed by atoms with E-state index in [9.17, 15) is 9.18 Å². The Morgan fingerprint density at radius 3 is 3.00 bits per heavy atom. The molecule has 0 spiro atoms. The molecule has 0 fully saturated rings. The average Bonchev–Trinajstić information content (AvgIpc) is 2.68. The van der Waals surface area contributed by atoms with E-state index in [0.29, 0.717) is 10.6 Å². The van der Waals surface area contributed by atoms with Crippen molar-refractivity contribution in [3.63, 3.8) is 0 Å². The molecule has 16 heavy (non-hydrogen) atoms. The topological polar surface area (TPSA) is 52.3 Å². The maximum Gasteiger partial charge on any atom is 0.348 e. The third-order valence-corrected chi connectivity index (χ3v) is 3.15. The highest BCUT2D eigenvalue weighted by Crippen LogP contribution is 2.27. The highest BCUT2D eigenvalue weighted by molar-refractivity contribution is 7.20. The number of fused-ring (bicyclic) bond motifs is 1. The zero-order chi connectivity index (χ0) is 11.5.